The van der Waals surface area contributed by atoms with Gasteiger partial charge >= 0.3 is 0 Å². The molecular formula is C17H22N3O3S-. The molecule has 0 amide bonds. The number of aliphatic carboxylic acids is 1. The molecule has 7 heteroatoms. The highest BCUT2D eigenvalue weighted by atomic mass is 32.1. The fraction of sp³-hybridized carbons (Fsp3) is 0.471. The van der Waals surface area contributed by atoms with Gasteiger partial charge < -0.3 is 20.0 Å². The Kier molecular flexibility index (Phi) is 6.99. The minimum Gasteiger partial charge on any atom is -0.546 e. The summed E-state index contributed by atoms with van der Waals surface area (Å²) >= 11 is 5.27. The van der Waals surface area contributed by atoms with Gasteiger partial charge in [0.1, 0.15) is 12.4 Å². The quantitative estimate of drug-likeness (QED) is 0.456. The third-order valence-electron chi connectivity index (χ3n) is 4.06. The van der Waals surface area contributed by atoms with Crippen molar-refractivity contribution in [1.29, 1.82) is 0 Å². The minimum absolute atomic E-state index is 0.382. The van der Waals surface area contributed by atoms with Gasteiger partial charge in [0.15, 0.2) is 5.11 Å². The normalized spacial score (nSPS) is 20.5. The Balaban J connectivity index is 1.86. The number of para-hydroxylation sites is 1. The second kappa shape index (κ2) is 9.22. The van der Waals surface area contributed by atoms with Gasteiger partial charge in [0.25, 0.3) is 0 Å². The smallest absolute Gasteiger partial charge is 0.187 e. The standard InChI is InChI=1S/C17H23N3O3S/c1-12-6-2-4-8-14(12)19-17(24)20-18-10-13-7-3-5-9-15(13)23-11-16(21)22/h3,5,7,9-10,12,14H,2,4,6,8,11H2,1H3,(H,21,22)(H2,19,20,24)/p-1/b18-10-/t12-,14-/m1/s1. The van der Waals surface area contributed by atoms with E-state index in [0.717, 1.165) is 6.42 Å². The molecule has 0 bridgehead atoms. The van der Waals surface area contributed by atoms with Crippen molar-refractivity contribution in [1.82, 2.24) is 10.7 Å². The van der Waals surface area contributed by atoms with Gasteiger partial charge in [0, 0.05) is 11.6 Å². The summed E-state index contributed by atoms with van der Waals surface area (Å²) in [7, 11) is 0. The summed E-state index contributed by atoms with van der Waals surface area (Å²) in [6, 6.07) is 7.40. The number of carboxylic acid groups (broad SMARTS) is 1. The van der Waals surface area contributed by atoms with Gasteiger partial charge in [-0.1, -0.05) is 31.9 Å². The number of hydrogen-bond donors (Lipinski definition) is 2. The monoisotopic (exact) mass is 348 g/mol. The summed E-state index contributed by atoms with van der Waals surface area (Å²) < 4.78 is 5.16. The van der Waals surface area contributed by atoms with Crippen LogP contribution in [0.2, 0.25) is 0 Å². The zero-order chi connectivity index (χ0) is 17.4. The number of hydrogen-bond acceptors (Lipinski definition) is 5. The third-order valence-corrected chi connectivity index (χ3v) is 4.27. The van der Waals surface area contributed by atoms with Gasteiger partial charge in [-0.25, -0.2) is 0 Å². The molecule has 6 nitrogen and oxygen atoms in total. The first-order valence-corrected chi connectivity index (χ1v) is 8.48. The second-order valence-corrected chi connectivity index (χ2v) is 6.32. The summed E-state index contributed by atoms with van der Waals surface area (Å²) in [6.07, 6.45) is 6.37. The highest BCUT2D eigenvalue weighted by Gasteiger charge is 2.21. The number of carboxylic acids is 1. The van der Waals surface area contributed by atoms with Crippen LogP contribution in [0.3, 0.4) is 0 Å². The van der Waals surface area contributed by atoms with Crippen molar-refractivity contribution in [2.75, 3.05) is 6.61 Å². The number of rotatable bonds is 6. The molecule has 1 aliphatic rings. The van der Waals surface area contributed by atoms with Crippen LogP contribution in [0.4, 0.5) is 0 Å². The number of benzene rings is 1. The van der Waals surface area contributed by atoms with E-state index < -0.39 is 12.6 Å². The summed E-state index contributed by atoms with van der Waals surface area (Å²) in [5, 5.41) is 18.4. The van der Waals surface area contributed by atoms with Gasteiger partial charge in [0.05, 0.1) is 12.2 Å². The lowest BCUT2D eigenvalue weighted by Gasteiger charge is -2.30. The van der Waals surface area contributed by atoms with Crippen LogP contribution in [-0.4, -0.2) is 29.9 Å². The average molecular weight is 348 g/mol. The molecule has 1 saturated carbocycles. The molecule has 0 radical (unpaired) electrons. The molecule has 2 atom stereocenters. The summed E-state index contributed by atoms with van der Waals surface area (Å²) in [5.74, 6) is -0.250. The predicted octanol–water partition coefficient (Wildman–Crippen LogP) is 1.19. The number of thiocarbonyl (C=S) groups is 1. The molecule has 0 aliphatic heterocycles. The third kappa shape index (κ3) is 5.81. The maximum absolute atomic E-state index is 10.5. The number of carbonyl (C=O) groups excluding carboxylic acids is 1. The summed E-state index contributed by atoms with van der Waals surface area (Å²) in [5.41, 5.74) is 3.45. The van der Waals surface area contributed by atoms with E-state index >= 15 is 0 Å². The molecule has 2 rings (SSSR count). The highest BCUT2D eigenvalue weighted by Crippen LogP contribution is 2.23. The van der Waals surface area contributed by atoms with E-state index in [1.54, 1.807) is 24.4 Å². The van der Waals surface area contributed by atoms with Gasteiger partial charge in [-0.2, -0.15) is 5.10 Å². The highest BCUT2D eigenvalue weighted by molar-refractivity contribution is 7.80. The molecule has 0 heterocycles. The SMILES string of the molecule is C[C@@H]1CCCC[C@H]1NC(=S)N/N=C\c1ccccc1OCC(=O)[O-]. The van der Waals surface area contributed by atoms with E-state index in [1.165, 1.54) is 19.3 Å². The van der Waals surface area contributed by atoms with Gasteiger partial charge in [-0.15, -0.1) is 0 Å². The van der Waals surface area contributed by atoms with E-state index in [-0.39, 0.29) is 0 Å². The van der Waals surface area contributed by atoms with Crippen LogP contribution in [0.25, 0.3) is 0 Å². The number of carbonyl (C=O) groups is 1. The van der Waals surface area contributed by atoms with E-state index in [4.69, 9.17) is 17.0 Å². The van der Waals surface area contributed by atoms with Crippen molar-refractivity contribution in [3.8, 4) is 5.75 Å². The van der Waals surface area contributed by atoms with Crippen molar-refractivity contribution in [2.45, 2.75) is 38.6 Å². The molecule has 0 unspecified atom stereocenters. The topological polar surface area (TPSA) is 85.8 Å². The lowest BCUT2D eigenvalue weighted by atomic mass is 9.86. The van der Waals surface area contributed by atoms with Gasteiger partial charge in [0.2, 0.25) is 0 Å². The number of hydrazone groups is 1. The molecular weight excluding hydrogens is 326 g/mol. The van der Waals surface area contributed by atoms with E-state index in [2.05, 4.69) is 22.8 Å². The van der Waals surface area contributed by atoms with Crippen LogP contribution in [-0.2, 0) is 4.79 Å². The first-order valence-electron chi connectivity index (χ1n) is 8.07. The van der Waals surface area contributed by atoms with Crippen LogP contribution in [0.1, 0.15) is 38.2 Å². The Hall–Kier alpha value is -2.15. The molecule has 0 spiro atoms. The fourth-order valence-corrected chi connectivity index (χ4v) is 2.95. The van der Waals surface area contributed by atoms with Crippen LogP contribution < -0.4 is 20.6 Å². The molecule has 24 heavy (non-hydrogen) atoms. The Bertz CT molecular complexity index is 606. The first-order chi connectivity index (χ1) is 11.6. The molecule has 1 fully saturated rings. The minimum atomic E-state index is -1.27. The average Bonchev–Trinajstić information content (AvgIpc) is 2.56. The van der Waals surface area contributed by atoms with Crippen LogP contribution in [0, 0.1) is 5.92 Å². The maximum atomic E-state index is 10.5. The molecule has 1 aromatic carbocycles. The number of ether oxygens (including phenoxy) is 1. The van der Waals surface area contributed by atoms with Gasteiger partial charge in [-0.3, -0.25) is 5.43 Å². The van der Waals surface area contributed by atoms with E-state index in [9.17, 15) is 9.90 Å². The Morgan fingerprint density at radius 1 is 1.42 bits per heavy atom. The van der Waals surface area contributed by atoms with Crippen molar-refractivity contribution >= 4 is 29.5 Å². The zero-order valence-corrected chi connectivity index (χ0v) is 14.5. The van der Waals surface area contributed by atoms with Crippen molar-refractivity contribution in [2.24, 2.45) is 11.0 Å². The largest absolute Gasteiger partial charge is 0.546 e. The van der Waals surface area contributed by atoms with Crippen molar-refractivity contribution < 1.29 is 14.6 Å². The first kappa shape index (κ1) is 18.2. The Morgan fingerprint density at radius 3 is 2.92 bits per heavy atom. The summed E-state index contributed by atoms with van der Waals surface area (Å²) in [6.45, 7) is 1.73. The zero-order valence-electron chi connectivity index (χ0n) is 13.7. The molecule has 130 valence electrons. The summed E-state index contributed by atoms with van der Waals surface area (Å²) in [4.78, 5) is 10.5. The molecule has 1 aromatic rings. The van der Waals surface area contributed by atoms with Crippen LogP contribution >= 0.6 is 12.2 Å². The Labute approximate surface area is 147 Å². The molecule has 0 saturated heterocycles. The molecule has 0 aromatic heterocycles. The Morgan fingerprint density at radius 2 is 2.17 bits per heavy atom. The maximum Gasteiger partial charge on any atom is 0.187 e. The van der Waals surface area contributed by atoms with Crippen molar-refractivity contribution in [3.63, 3.8) is 0 Å². The molecule has 1 aliphatic carbocycles. The molecule has 2 N–H and O–H groups in total. The van der Waals surface area contributed by atoms with Crippen LogP contribution in [0.15, 0.2) is 29.4 Å². The van der Waals surface area contributed by atoms with Crippen molar-refractivity contribution in [3.05, 3.63) is 29.8 Å². The second-order valence-electron chi connectivity index (χ2n) is 5.91. The lowest BCUT2D eigenvalue weighted by molar-refractivity contribution is -0.307. The fourth-order valence-electron chi connectivity index (χ4n) is 2.75. The van der Waals surface area contributed by atoms with E-state index in [1.807, 2.05) is 6.07 Å². The number of nitrogens with one attached hydrogen (secondary N) is 2. The van der Waals surface area contributed by atoms with E-state index in [0.29, 0.717) is 28.4 Å². The van der Waals surface area contributed by atoms with Crippen LogP contribution in [0.5, 0.6) is 5.75 Å². The van der Waals surface area contributed by atoms with Gasteiger partial charge in [-0.05, 0) is 43.1 Å². The predicted molar refractivity (Wildman–Crippen MR) is 94.8 cm³/mol. The lowest BCUT2D eigenvalue weighted by Crippen LogP contribution is -2.44. The number of nitrogens with zero attached hydrogens (tertiary/aromatic N) is 1.